The van der Waals surface area contributed by atoms with Gasteiger partial charge in [0.05, 0.1) is 0 Å². The first kappa shape index (κ1) is 11.3. The molecule has 0 saturated carbocycles. The normalized spacial score (nSPS) is 23.8. The molecule has 0 spiro atoms. The maximum Gasteiger partial charge on any atom is 0.131 e. The van der Waals surface area contributed by atoms with Crippen LogP contribution in [-0.4, -0.2) is 13.1 Å². The van der Waals surface area contributed by atoms with Gasteiger partial charge < -0.3 is 10.1 Å². The van der Waals surface area contributed by atoms with Gasteiger partial charge in [0, 0.05) is 35.5 Å². The molecule has 1 N–H and O–H groups in total. The molecule has 0 amide bonds. The summed E-state index contributed by atoms with van der Waals surface area (Å²) in [5.74, 6) is 2.82. The van der Waals surface area contributed by atoms with Crippen molar-refractivity contribution in [2.45, 2.75) is 11.8 Å². The van der Waals surface area contributed by atoms with Crippen molar-refractivity contribution in [2.24, 2.45) is 0 Å². The van der Waals surface area contributed by atoms with Crippen LogP contribution in [0, 0.1) is 0 Å². The quantitative estimate of drug-likeness (QED) is 0.784. The van der Waals surface area contributed by atoms with E-state index in [4.69, 9.17) is 16.3 Å². The number of ether oxygens (including phenoxy) is 1. The largest absolute Gasteiger partial charge is 0.457 e. The fraction of sp³-hybridized carbons (Fsp3) is 0.250. The Morgan fingerprint density at radius 2 is 1.68 bits per heavy atom. The summed E-state index contributed by atoms with van der Waals surface area (Å²) in [6.07, 6.45) is 0. The number of rotatable bonds is 0. The van der Waals surface area contributed by atoms with E-state index in [9.17, 15) is 0 Å². The zero-order valence-corrected chi connectivity index (χ0v) is 11.2. The lowest BCUT2D eigenvalue weighted by Crippen LogP contribution is -2.08. The van der Waals surface area contributed by atoms with Gasteiger partial charge in [-0.3, -0.25) is 0 Å². The van der Waals surface area contributed by atoms with Crippen LogP contribution in [0.5, 0.6) is 11.5 Å². The van der Waals surface area contributed by atoms with Crippen molar-refractivity contribution in [3.05, 3.63) is 58.6 Å². The Labute approximate surface area is 117 Å². The summed E-state index contributed by atoms with van der Waals surface area (Å²) in [6.45, 7) is 1.98. The van der Waals surface area contributed by atoms with Gasteiger partial charge in [-0.1, -0.05) is 29.8 Å². The molecule has 1 fully saturated rings. The third-order valence-corrected chi connectivity index (χ3v) is 4.36. The van der Waals surface area contributed by atoms with Gasteiger partial charge in [0.15, 0.2) is 0 Å². The predicted molar refractivity (Wildman–Crippen MR) is 76.3 cm³/mol. The van der Waals surface area contributed by atoms with Gasteiger partial charge in [-0.15, -0.1) is 0 Å². The summed E-state index contributed by atoms with van der Waals surface area (Å²) in [4.78, 5) is 0. The average Bonchev–Trinajstić information content (AvgIpc) is 2.86. The Kier molecular flexibility index (Phi) is 2.54. The number of nitrogens with one attached hydrogen (secondary N) is 1. The zero-order valence-electron chi connectivity index (χ0n) is 10.4. The minimum Gasteiger partial charge on any atom is -0.457 e. The molecule has 0 aliphatic carbocycles. The molecule has 2 atom stereocenters. The molecule has 0 unspecified atom stereocenters. The third kappa shape index (κ3) is 1.75. The van der Waals surface area contributed by atoms with E-state index in [0.29, 0.717) is 11.8 Å². The van der Waals surface area contributed by atoms with Gasteiger partial charge in [-0.05, 0) is 29.8 Å². The predicted octanol–water partition coefficient (Wildman–Crippen LogP) is 3.92. The lowest BCUT2D eigenvalue weighted by atomic mass is 9.84. The molecule has 2 heterocycles. The summed E-state index contributed by atoms with van der Waals surface area (Å²) in [5, 5.41) is 4.27. The first-order valence-corrected chi connectivity index (χ1v) is 6.97. The van der Waals surface area contributed by atoms with Crippen molar-refractivity contribution in [1.82, 2.24) is 5.32 Å². The molecule has 2 nitrogen and oxygen atoms in total. The molecule has 1 saturated heterocycles. The van der Waals surface area contributed by atoms with Gasteiger partial charge in [0.2, 0.25) is 0 Å². The molecule has 2 aliphatic heterocycles. The van der Waals surface area contributed by atoms with Crippen molar-refractivity contribution in [3.63, 3.8) is 0 Å². The van der Waals surface area contributed by atoms with E-state index < -0.39 is 0 Å². The second-order valence-corrected chi connectivity index (χ2v) is 5.63. The third-order valence-electron chi connectivity index (χ3n) is 4.12. The van der Waals surface area contributed by atoms with E-state index in [1.54, 1.807) is 0 Å². The van der Waals surface area contributed by atoms with Crippen LogP contribution in [0.1, 0.15) is 23.0 Å². The molecule has 2 aromatic carbocycles. The highest BCUT2D eigenvalue weighted by Gasteiger charge is 2.35. The Morgan fingerprint density at radius 1 is 0.947 bits per heavy atom. The number of para-hydroxylation sites is 1. The lowest BCUT2D eigenvalue weighted by molar-refractivity contribution is 0.476. The van der Waals surface area contributed by atoms with E-state index in [2.05, 4.69) is 23.5 Å². The Bertz CT molecular complexity index is 640. The molecular weight excluding hydrogens is 258 g/mol. The maximum atomic E-state index is 6.16. The maximum absolute atomic E-state index is 6.16. The average molecular weight is 272 g/mol. The molecule has 3 heteroatoms. The molecule has 4 rings (SSSR count). The van der Waals surface area contributed by atoms with E-state index in [1.165, 1.54) is 11.1 Å². The SMILES string of the molecule is Clc1ccc2c(c1)[C@H]1CNC[C@@H]1c1ccccc1O2. The fourth-order valence-electron chi connectivity index (χ4n) is 3.23. The number of hydrogen-bond acceptors (Lipinski definition) is 2. The van der Waals surface area contributed by atoms with Crippen LogP contribution < -0.4 is 10.1 Å². The van der Waals surface area contributed by atoms with Crippen LogP contribution >= 0.6 is 11.6 Å². The van der Waals surface area contributed by atoms with Crippen molar-refractivity contribution in [2.75, 3.05) is 13.1 Å². The second kappa shape index (κ2) is 4.26. The van der Waals surface area contributed by atoms with E-state index >= 15 is 0 Å². The first-order valence-electron chi connectivity index (χ1n) is 6.60. The minimum absolute atomic E-state index is 0.442. The standard InChI is InChI=1S/C16H14ClNO/c17-10-5-6-16-12(7-10)14-9-18-8-13(14)11-3-1-2-4-15(11)19-16/h1-7,13-14,18H,8-9H2/t13-,14-/m1/s1. The van der Waals surface area contributed by atoms with Gasteiger partial charge in [0.25, 0.3) is 0 Å². The van der Waals surface area contributed by atoms with Crippen LogP contribution in [-0.2, 0) is 0 Å². The first-order chi connectivity index (χ1) is 9.33. The smallest absolute Gasteiger partial charge is 0.131 e. The molecule has 2 aliphatic rings. The van der Waals surface area contributed by atoms with E-state index in [0.717, 1.165) is 29.6 Å². The minimum atomic E-state index is 0.442. The van der Waals surface area contributed by atoms with Gasteiger partial charge in [-0.2, -0.15) is 0 Å². The van der Waals surface area contributed by atoms with Gasteiger partial charge >= 0.3 is 0 Å². The van der Waals surface area contributed by atoms with Crippen LogP contribution in [0.25, 0.3) is 0 Å². The zero-order chi connectivity index (χ0) is 12.8. The fourth-order valence-corrected chi connectivity index (χ4v) is 3.41. The Balaban J connectivity index is 1.94. The molecule has 0 radical (unpaired) electrons. The molecule has 0 bridgehead atoms. The van der Waals surface area contributed by atoms with Crippen LogP contribution in [0.2, 0.25) is 5.02 Å². The highest BCUT2D eigenvalue weighted by molar-refractivity contribution is 6.30. The molecule has 19 heavy (non-hydrogen) atoms. The van der Waals surface area contributed by atoms with E-state index in [-0.39, 0.29) is 0 Å². The highest BCUT2D eigenvalue weighted by Crippen LogP contribution is 2.48. The summed E-state index contributed by atoms with van der Waals surface area (Å²) in [5.41, 5.74) is 2.52. The van der Waals surface area contributed by atoms with Crippen LogP contribution in [0.15, 0.2) is 42.5 Å². The van der Waals surface area contributed by atoms with Crippen molar-refractivity contribution in [3.8, 4) is 11.5 Å². The highest BCUT2D eigenvalue weighted by atomic mass is 35.5. The summed E-state index contributed by atoms with van der Waals surface area (Å²) in [6, 6.07) is 14.3. The molecule has 2 aromatic rings. The Hall–Kier alpha value is -1.51. The topological polar surface area (TPSA) is 21.3 Å². The number of halogens is 1. The van der Waals surface area contributed by atoms with Crippen LogP contribution in [0.4, 0.5) is 0 Å². The van der Waals surface area contributed by atoms with Crippen molar-refractivity contribution >= 4 is 11.6 Å². The molecule has 96 valence electrons. The number of hydrogen-bond donors (Lipinski definition) is 1. The Morgan fingerprint density at radius 3 is 2.58 bits per heavy atom. The number of benzene rings is 2. The van der Waals surface area contributed by atoms with Gasteiger partial charge in [0.1, 0.15) is 11.5 Å². The van der Waals surface area contributed by atoms with E-state index in [1.807, 2.05) is 24.3 Å². The number of fused-ring (bicyclic) bond motifs is 5. The van der Waals surface area contributed by atoms with Crippen LogP contribution in [0.3, 0.4) is 0 Å². The molecular formula is C16H14ClNO. The van der Waals surface area contributed by atoms with Crippen molar-refractivity contribution < 1.29 is 4.74 Å². The van der Waals surface area contributed by atoms with Crippen molar-refractivity contribution in [1.29, 1.82) is 0 Å². The van der Waals surface area contributed by atoms with Gasteiger partial charge in [-0.25, -0.2) is 0 Å². The summed E-state index contributed by atoms with van der Waals surface area (Å²) < 4.78 is 6.11. The lowest BCUT2D eigenvalue weighted by Gasteiger charge is -2.17. The molecule has 0 aromatic heterocycles. The summed E-state index contributed by atoms with van der Waals surface area (Å²) >= 11 is 6.16. The second-order valence-electron chi connectivity index (χ2n) is 5.19. The monoisotopic (exact) mass is 271 g/mol. The summed E-state index contributed by atoms with van der Waals surface area (Å²) in [7, 11) is 0.